The van der Waals surface area contributed by atoms with E-state index in [1.165, 1.54) is 7.11 Å². The van der Waals surface area contributed by atoms with Crippen molar-refractivity contribution in [3.05, 3.63) is 53.6 Å². The van der Waals surface area contributed by atoms with Crippen LogP contribution in [0.3, 0.4) is 0 Å². The molecule has 0 radical (unpaired) electrons. The molecule has 0 bridgehead atoms. The molecule has 2 N–H and O–H groups in total. The molecule has 9 nitrogen and oxygen atoms in total. The maximum atomic E-state index is 11.8. The van der Waals surface area contributed by atoms with E-state index in [0.717, 1.165) is 67.5 Å². The molecule has 0 aromatic heterocycles. The van der Waals surface area contributed by atoms with E-state index in [9.17, 15) is 4.79 Å². The molecule has 2 aliphatic heterocycles. The minimum atomic E-state index is -0.428. The molecule has 1 amide bonds. The number of benzene rings is 2. The van der Waals surface area contributed by atoms with Gasteiger partial charge in [0.25, 0.3) is 0 Å². The number of piperidine rings is 1. The van der Waals surface area contributed by atoms with E-state index < -0.39 is 6.09 Å². The lowest BCUT2D eigenvalue weighted by Crippen LogP contribution is -2.50. The number of carbonyl (C=O) groups excluding carboxylic acids is 1. The van der Waals surface area contributed by atoms with Crippen molar-refractivity contribution in [3.8, 4) is 11.5 Å². The van der Waals surface area contributed by atoms with Crippen LogP contribution in [0.2, 0.25) is 0 Å². The van der Waals surface area contributed by atoms with Crippen LogP contribution in [0.5, 0.6) is 11.5 Å². The highest BCUT2D eigenvalue weighted by atomic mass is 16.5. The molecule has 1 fully saturated rings. The van der Waals surface area contributed by atoms with Gasteiger partial charge in [-0.3, -0.25) is 0 Å². The number of nitrogens with one attached hydrogen (secondary N) is 2. The van der Waals surface area contributed by atoms with Gasteiger partial charge in [-0.15, -0.1) is 0 Å². The van der Waals surface area contributed by atoms with Crippen LogP contribution in [0.25, 0.3) is 0 Å². The fourth-order valence-corrected chi connectivity index (χ4v) is 5.17. The maximum Gasteiger partial charge on any atom is 0.406 e. The van der Waals surface area contributed by atoms with Crippen molar-refractivity contribution in [1.29, 1.82) is 0 Å². The number of nitrogens with zero attached hydrogens (tertiary/aromatic N) is 1. The second-order valence-corrected chi connectivity index (χ2v) is 9.42. The van der Waals surface area contributed by atoms with Gasteiger partial charge >= 0.3 is 6.09 Å². The Labute approximate surface area is 219 Å². The smallest absolute Gasteiger partial charge is 0.406 e. The number of ether oxygens (including phenoxy) is 5. The van der Waals surface area contributed by atoms with E-state index in [1.54, 1.807) is 14.2 Å². The van der Waals surface area contributed by atoms with E-state index >= 15 is 0 Å². The van der Waals surface area contributed by atoms with E-state index in [4.69, 9.17) is 23.7 Å². The molecule has 4 rings (SSSR count). The van der Waals surface area contributed by atoms with Crippen molar-refractivity contribution < 1.29 is 28.5 Å². The minimum Gasteiger partial charge on any atom is -0.497 e. The Kier molecular flexibility index (Phi) is 9.87. The first-order valence-electron chi connectivity index (χ1n) is 12.9. The normalized spacial score (nSPS) is 21.1. The molecule has 2 aromatic rings. The first-order chi connectivity index (χ1) is 18.1. The molecule has 2 aliphatic rings. The topological polar surface area (TPSA) is 90.5 Å². The van der Waals surface area contributed by atoms with Gasteiger partial charge in [0.05, 0.1) is 39.2 Å². The molecule has 3 atom stereocenters. The van der Waals surface area contributed by atoms with Crippen LogP contribution in [0.1, 0.15) is 23.5 Å². The highest BCUT2D eigenvalue weighted by Crippen LogP contribution is 2.35. The summed E-state index contributed by atoms with van der Waals surface area (Å²) in [6, 6.07) is 14.4. The number of hydrogen-bond donors (Lipinski definition) is 2. The predicted octanol–water partition coefficient (Wildman–Crippen LogP) is 3.17. The van der Waals surface area contributed by atoms with E-state index in [1.807, 2.05) is 18.2 Å². The van der Waals surface area contributed by atoms with Crippen molar-refractivity contribution in [2.75, 3.05) is 72.2 Å². The van der Waals surface area contributed by atoms with Gasteiger partial charge in [-0.1, -0.05) is 18.2 Å². The van der Waals surface area contributed by atoms with E-state index in [2.05, 4.69) is 39.8 Å². The number of fused-ring (bicyclic) bond motifs is 1. The van der Waals surface area contributed by atoms with Gasteiger partial charge < -0.3 is 39.2 Å². The zero-order valence-electron chi connectivity index (χ0n) is 22.0. The van der Waals surface area contributed by atoms with Gasteiger partial charge in [0.1, 0.15) is 18.1 Å². The summed E-state index contributed by atoms with van der Waals surface area (Å²) in [5.74, 6) is 1.96. The third kappa shape index (κ3) is 7.06. The number of methoxy groups -OCH3 is 3. The second kappa shape index (κ2) is 13.5. The fraction of sp³-hybridized carbons (Fsp3) is 0.536. The summed E-state index contributed by atoms with van der Waals surface area (Å²) in [4.78, 5) is 14.1. The van der Waals surface area contributed by atoms with Crippen LogP contribution in [0, 0.1) is 5.92 Å². The number of amides is 1. The number of carbonyl (C=O) groups is 1. The van der Waals surface area contributed by atoms with Gasteiger partial charge in [0.2, 0.25) is 0 Å². The average molecular weight is 514 g/mol. The molecule has 2 unspecified atom stereocenters. The van der Waals surface area contributed by atoms with Crippen LogP contribution in [-0.2, 0) is 20.8 Å². The average Bonchev–Trinajstić information content (AvgIpc) is 2.95. The summed E-state index contributed by atoms with van der Waals surface area (Å²) in [6.45, 7) is 5.68. The van der Waals surface area contributed by atoms with Crippen molar-refractivity contribution in [2.45, 2.75) is 25.0 Å². The summed E-state index contributed by atoms with van der Waals surface area (Å²) in [6.07, 6.45) is 0.467. The van der Waals surface area contributed by atoms with Crippen LogP contribution in [0.4, 0.5) is 10.5 Å². The molecule has 1 saturated heterocycles. The third-order valence-corrected chi connectivity index (χ3v) is 7.08. The summed E-state index contributed by atoms with van der Waals surface area (Å²) < 4.78 is 27.8. The van der Waals surface area contributed by atoms with Crippen molar-refractivity contribution in [1.82, 2.24) is 10.6 Å². The summed E-state index contributed by atoms with van der Waals surface area (Å²) in [5, 5.41) is 6.36. The largest absolute Gasteiger partial charge is 0.497 e. The second-order valence-electron chi connectivity index (χ2n) is 9.42. The Morgan fingerprint density at radius 1 is 1.14 bits per heavy atom. The zero-order chi connectivity index (χ0) is 26.0. The molecule has 202 valence electrons. The lowest BCUT2D eigenvalue weighted by molar-refractivity contribution is -0.00585. The molecular weight excluding hydrogens is 474 g/mol. The third-order valence-electron chi connectivity index (χ3n) is 7.08. The zero-order valence-corrected chi connectivity index (χ0v) is 22.0. The van der Waals surface area contributed by atoms with Gasteiger partial charge in [-0.05, 0) is 47.7 Å². The Hall–Kier alpha value is -3.01. The number of alkyl carbamates (subject to hydrolysis) is 1. The first-order valence-corrected chi connectivity index (χ1v) is 12.9. The maximum absolute atomic E-state index is 11.8. The molecule has 2 heterocycles. The Balaban J connectivity index is 1.48. The van der Waals surface area contributed by atoms with Crippen LogP contribution in [-0.4, -0.2) is 79.5 Å². The fourth-order valence-electron chi connectivity index (χ4n) is 5.17. The minimum absolute atomic E-state index is 0.0725. The number of anilines is 1. The van der Waals surface area contributed by atoms with Gasteiger partial charge in [0, 0.05) is 45.8 Å². The van der Waals surface area contributed by atoms with E-state index in [0.29, 0.717) is 19.8 Å². The Morgan fingerprint density at radius 2 is 1.97 bits per heavy atom. The summed E-state index contributed by atoms with van der Waals surface area (Å²) in [5.41, 5.74) is 3.37. The first kappa shape index (κ1) is 27.0. The standard InChI is InChI=1S/C28H39N3O6/c1-33-13-4-11-31-12-14-36-25-10-5-20(15-24(25)31)19-37-26-18-29-16-22(17-30-28(32)35-3)27(26)21-6-8-23(34-2)9-7-21/h5-10,15,22,26-27,29H,4,11-14,16-19H2,1-3H3,(H,30,32)/t22?,26-,27?/m0/s1. The van der Waals surface area contributed by atoms with Crippen molar-refractivity contribution in [3.63, 3.8) is 0 Å². The Morgan fingerprint density at radius 3 is 2.73 bits per heavy atom. The van der Waals surface area contributed by atoms with Crippen LogP contribution in [0.15, 0.2) is 42.5 Å². The molecule has 0 spiro atoms. The molecular formula is C28H39N3O6. The molecule has 0 aliphatic carbocycles. The number of rotatable bonds is 11. The lowest BCUT2D eigenvalue weighted by Gasteiger charge is -2.39. The van der Waals surface area contributed by atoms with Crippen LogP contribution < -0.4 is 25.0 Å². The summed E-state index contributed by atoms with van der Waals surface area (Å²) >= 11 is 0. The highest BCUT2D eigenvalue weighted by molar-refractivity contribution is 5.66. The van der Waals surface area contributed by atoms with Gasteiger partial charge in [-0.25, -0.2) is 4.79 Å². The van der Waals surface area contributed by atoms with Crippen molar-refractivity contribution in [2.24, 2.45) is 5.92 Å². The monoisotopic (exact) mass is 513 g/mol. The van der Waals surface area contributed by atoms with Crippen molar-refractivity contribution >= 4 is 11.8 Å². The highest BCUT2D eigenvalue weighted by Gasteiger charge is 2.35. The number of hydrogen-bond acceptors (Lipinski definition) is 8. The molecule has 37 heavy (non-hydrogen) atoms. The van der Waals surface area contributed by atoms with Crippen LogP contribution >= 0.6 is 0 Å². The lowest BCUT2D eigenvalue weighted by atomic mass is 9.79. The Bertz CT molecular complexity index is 1000. The predicted molar refractivity (Wildman–Crippen MR) is 142 cm³/mol. The van der Waals surface area contributed by atoms with Gasteiger partial charge in [-0.2, -0.15) is 0 Å². The quantitative estimate of drug-likeness (QED) is 0.443. The molecule has 9 heteroatoms. The van der Waals surface area contributed by atoms with Gasteiger partial charge in [0.15, 0.2) is 0 Å². The SMILES string of the molecule is COCCCN1CCOc2ccc(CO[C@H]3CNCC(CNC(=O)OC)C3c3ccc(OC)cc3)cc21. The molecule has 0 saturated carbocycles. The molecule has 2 aromatic carbocycles. The summed E-state index contributed by atoms with van der Waals surface area (Å²) in [7, 11) is 4.78. The van der Waals surface area contributed by atoms with E-state index in [-0.39, 0.29) is 17.9 Å².